The average Bonchev–Trinajstić information content (AvgIpc) is 3.41. The number of rotatable bonds is 14. The zero-order valence-corrected chi connectivity index (χ0v) is 29.9. The van der Waals surface area contributed by atoms with Crippen molar-refractivity contribution in [3.05, 3.63) is 48.0 Å². The van der Waals surface area contributed by atoms with Crippen molar-refractivity contribution in [3.8, 4) is 0 Å². The average molecular weight is 678 g/mol. The summed E-state index contributed by atoms with van der Waals surface area (Å²) >= 11 is 0. The van der Waals surface area contributed by atoms with Gasteiger partial charge in [-0.3, -0.25) is 9.10 Å². The largest absolute Gasteiger partial charge is 0.444 e. The van der Waals surface area contributed by atoms with Crippen LogP contribution in [0, 0.1) is 10.7 Å². The topological polar surface area (TPSA) is 149 Å². The van der Waals surface area contributed by atoms with Crippen LogP contribution in [0.3, 0.4) is 0 Å². The van der Waals surface area contributed by atoms with E-state index in [9.17, 15) is 22.2 Å². The number of sulfonamides is 1. The minimum Gasteiger partial charge on any atom is -0.444 e. The molecule has 2 aromatic rings. The second-order valence-electron chi connectivity index (χ2n) is 13.5. The SMILES string of the molecule is CC(C)CCCCCCS(=N)(=O)c1ccc(NC(=O)c2ccc(N3CC[C@@H](NC(=O)OC(C)(C)C)C3)cc2N(C)S(C)(=O)=O)cc1. The van der Waals surface area contributed by atoms with Gasteiger partial charge in [-0.05, 0) is 82.0 Å². The summed E-state index contributed by atoms with van der Waals surface area (Å²) in [6.07, 6.45) is 6.31. The molecule has 46 heavy (non-hydrogen) atoms. The Bertz CT molecular complexity index is 1570. The highest BCUT2D eigenvalue weighted by Gasteiger charge is 2.28. The molecule has 1 saturated heterocycles. The molecule has 0 radical (unpaired) electrons. The van der Waals surface area contributed by atoms with Crippen LogP contribution in [-0.2, 0) is 24.5 Å². The van der Waals surface area contributed by atoms with Gasteiger partial charge in [-0.25, -0.2) is 22.2 Å². The fraction of sp³-hybridized carbons (Fsp3) is 0.576. The summed E-state index contributed by atoms with van der Waals surface area (Å²) < 4.78 is 53.0. The van der Waals surface area contributed by atoms with E-state index in [1.807, 2.05) is 4.90 Å². The Hall–Kier alpha value is -3.32. The molecule has 1 fully saturated rings. The molecule has 3 rings (SSSR count). The van der Waals surface area contributed by atoms with Crippen LogP contribution in [0.4, 0.5) is 21.9 Å². The van der Waals surface area contributed by atoms with Gasteiger partial charge in [0.2, 0.25) is 10.0 Å². The van der Waals surface area contributed by atoms with Gasteiger partial charge in [0, 0.05) is 42.2 Å². The zero-order valence-electron chi connectivity index (χ0n) is 28.2. The molecule has 3 N–H and O–H groups in total. The molecule has 1 heterocycles. The lowest BCUT2D eigenvalue weighted by atomic mass is 10.0. The van der Waals surface area contributed by atoms with E-state index < -0.39 is 37.4 Å². The first-order chi connectivity index (χ1) is 21.4. The number of amides is 2. The van der Waals surface area contributed by atoms with E-state index in [-0.39, 0.29) is 17.3 Å². The van der Waals surface area contributed by atoms with Crippen molar-refractivity contribution < 1.29 is 27.0 Å². The Balaban J connectivity index is 1.70. The normalized spacial score (nSPS) is 16.6. The third-order valence-corrected chi connectivity index (χ3v) is 10.9. The van der Waals surface area contributed by atoms with Crippen LogP contribution in [0.25, 0.3) is 0 Å². The number of alkyl carbamates (subject to hydrolysis) is 1. The van der Waals surface area contributed by atoms with Gasteiger partial charge in [0.25, 0.3) is 5.91 Å². The lowest BCUT2D eigenvalue weighted by Gasteiger charge is -2.25. The smallest absolute Gasteiger partial charge is 0.407 e. The Morgan fingerprint density at radius 1 is 1.04 bits per heavy atom. The number of nitrogens with zero attached hydrogens (tertiary/aromatic N) is 2. The van der Waals surface area contributed by atoms with Crippen LogP contribution in [0.5, 0.6) is 0 Å². The molecule has 11 nitrogen and oxygen atoms in total. The molecule has 0 aromatic heterocycles. The molecule has 1 unspecified atom stereocenters. The molecule has 1 aliphatic rings. The van der Waals surface area contributed by atoms with Gasteiger partial charge in [-0.1, -0.05) is 39.5 Å². The van der Waals surface area contributed by atoms with E-state index in [1.54, 1.807) is 63.2 Å². The first-order valence-corrected chi connectivity index (χ1v) is 19.4. The lowest BCUT2D eigenvalue weighted by Crippen LogP contribution is -2.40. The number of benzene rings is 2. The number of carbonyl (C=O) groups excluding carboxylic acids is 2. The predicted molar refractivity (Wildman–Crippen MR) is 186 cm³/mol. The van der Waals surface area contributed by atoms with Gasteiger partial charge in [-0.15, -0.1) is 0 Å². The van der Waals surface area contributed by atoms with Crippen LogP contribution < -0.4 is 19.8 Å². The van der Waals surface area contributed by atoms with Crippen LogP contribution >= 0.6 is 0 Å². The molecule has 2 atom stereocenters. The first-order valence-electron chi connectivity index (χ1n) is 15.9. The van der Waals surface area contributed by atoms with Crippen molar-refractivity contribution in [2.45, 2.75) is 89.7 Å². The summed E-state index contributed by atoms with van der Waals surface area (Å²) in [5, 5.41) is 5.69. The fourth-order valence-electron chi connectivity index (χ4n) is 5.22. The molecule has 1 aliphatic heterocycles. The summed E-state index contributed by atoms with van der Waals surface area (Å²) in [7, 11) is -5.25. The second-order valence-corrected chi connectivity index (χ2v) is 17.7. The zero-order chi connectivity index (χ0) is 34.3. The number of anilines is 3. The van der Waals surface area contributed by atoms with Gasteiger partial charge >= 0.3 is 6.09 Å². The number of nitrogens with one attached hydrogen (secondary N) is 3. The highest BCUT2D eigenvalue weighted by molar-refractivity contribution is 7.92. The Morgan fingerprint density at radius 2 is 1.70 bits per heavy atom. The molecule has 0 aliphatic carbocycles. The number of ether oxygens (including phenoxy) is 1. The summed E-state index contributed by atoms with van der Waals surface area (Å²) in [6, 6.07) is 11.3. The quantitative estimate of drug-likeness (QED) is 0.195. The van der Waals surface area contributed by atoms with Crippen LogP contribution in [0.1, 0.15) is 83.5 Å². The third-order valence-electron chi connectivity index (χ3n) is 7.79. The van der Waals surface area contributed by atoms with Gasteiger partial charge in [-0.2, -0.15) is 0 Å². The van der Waals surface area contributed by atoms with Crippen molar-refractivity contribution in [2.24, 2.45) is 5.92 Å². The third kappa shape index (κ3) is 11.2. The summed E-state index contributed by atoms with van der Waals surface area (Å²) in [4.78, 5) is 28.1. The Kier molecular flexibility index (Phi) is 12.5. The Labute approximate surface area is 275 Å². The fourth-order valence-corrected chi connectivity index (χ4v) is 7.15. The predicted octanol–water partition coefficient (Wildman–Crippen LogP) is 6.45. The molecule has 256 valence electrons. The van der Waals surface area contributed by atoms with Crippen LogP contribution in [-0.4, -0.2) is 68.4 Å². The van der Waals surface area contributed by atoms with E-state index in [0.717, 1.165) is 36.2 Å². The number of hydrogen-bond acceptors (Lipinski definition) is 8. The monoisotopic (exact) mass is 677 g/mol. The van der Waals surface area contributed by atoms with Gasteiger partial charge in [0.05, 0.1) is 33.3 Å². The minimum absolute atomic E-state index is 0.148. The van der Waals surface area contributed by atoms with Crippen LogP contribution in [0.2, 0.25) is 0 Å². The van der Waals surface area contributed by atoms with Crippen molar-refractivity contribution in [3.63, 3.8) is 0 Å². The minimum atomic E-state index is -3.70. The van der Waals surface area contributed by atoms with Crippen LogP contribution in [0.15, 0.2) is 47.4 Å². The first kappa shape index (κ1) is 37.1. The lowest BCUT2D eigenvalue weighted by molar-refractivity contribution is 0.0508. The number of hydrogen-bond donors (Lipinski definition) is 3. The van der Waals surface area contributed by atoms with E-state index in [4.69, 9.17) is 9.52 Å². The molecular formula is C33H51N5O6S2. The number of unbranched alkanes of at least 4 members (excludes halogenated alkanes) is 3. The Morgan fingerprint density at radius 3 is 2.30 bits per heavy atom. The molecular weight excluding hydrogens is 627 g/mol. The van der Waals surface area contributed by atoms with E-state index in [0.29, 0.717) is 47.5 Å². The van der Waals surface area contributed by atoms with E-state index >= 15 is 0 Å². The van der Waals surface area contributed by atoms with E-state index in [1.165, 1.54) is 13.5 Å². The maximum atomic E-state index is 13.4. The summed E-state index contributed by atoms with van der Waals surface area (Å²) in [5.41, 5.74) is 0.905. The molecule has 0 bridgehead atoms. The van der Waals surface area contributed by atoms with Crippen molar-refractivity contribution in [1.29, 1.82) is 4.78 Å². The maximum Gasteiger partial charge on any atom is 0.407 e. The summed E-state index contributed by atoms with van der Waals surface area (Å²) in [5.74, 6) is 0.455. The molecule has 2 amide bonds. The highest BCUT2D eigenvalue weighted by Crippen LogP contribution is 2.31. The van der Waals surface area contributed by atoms with Crippen molar-refractivity contribution in [2.75, 3.05) is 46.7 Å². The number of carbonyl (C=O) groups is 2. The van der Waals surface area contributed by atoms with Gasteiger partial charge < -0.3 is 20.3 Å². The molecule has 13 heteroatoms. The van der Waals surface area contributed by atoms with E-state index in [2.05, 4.69) is 24.5 Å². The molecule has 0 saturated carbocycles. The standard InChI is InChI=1S/C33H51N5O6S2/c1-24(2)12-10-8-9-11-21-46(34,43)28-16-13-25(14-17-28)35-31(39)29-18-15-27(22-30(29)37(6)45(7,41)42)38-20-19-26(23-38)36-32(40)44-33(3,4)5/h13-18,22,24,26,34H,8-12,19-21,23H2,1-7H3,(H,35,39)(H,36,40)/t26-,46?/m1/s1. The van der Waals surface area contributed by atoms with Crippen molar-refractivity contribution in [1.82, 2.24) is 5.32 Å². The molecule has 2 aromatic carbocycles. The summed E-state index contributed by atoms with van der Waals surface area (Å²) in [6.45, 7) is 10.9. The van der Waals surface area contributed by atoms with Gasteiger partial charge in [0.15, 0.2) is 0 Å². The molecule has 0 spiro atoms. The highest BCUT2D eigenvalue weighted by atomic mass is 32.2. The van der Waals surface area contributed by atoms with Crippen molar-refractivity contribution >= 4 is 48.8 Å². The second kappa shape index (κ2) is 15.5. The maximum absolute atomic E-state index is 13.4. The van der Waals surface area contributed by atoms with Gasteiger partial charge in [0.1, 0.15) is 5.60 Å².